The maximum atomic E-state index is 11.5. The SMILES string of the molecule is COC1(O)C2c3c(cc(C(C)(C)C)c4ccccc34)-c3c4sc5ccsc5c4cc[n+]3C21. The Labute approximate surface area is 194 Å². The molecule has 5 aromatic rings. The van der Waals surface area contributed by atoms with E-state index in [1.54, 1.807) is 7.11 Å². The second-order valence-electron chi connectivity index (χ2n) is 10.1. The molecule has 0 amide bonds. The predicted octanol–water partition coefficient (Wildman–Crippen LogP) is 6.51. The maximum Gasteiger partial charge on any atom is 0.244 e. The Balaban J connectivity index is 1.69. The number of ether oxygens (including phenoxy) is 1. The van der Waals surface area contributed by atoms with Gasteiger partial charge in [-0.3, -0.25) is 0 Å². The van der Waals surface area contributed by atoms with Gasteiger partial charge in [0.2, 0.25) is 17.5 Å². The number of aromatic nitrogens is 1. The Morgan fingerprint density at radius 2 is 1.81 bits per heavy atom. The molecule has 32 heavy (non-hydrogen) atoms. The van der Waals surface area contributed by atoms with Gasteiger partial charge in [0, 0.05) is 23.3 Å². The van der Waals surface area contributed by atoms with E-state index in [-0.39, 0.29) is 17.4 Å². The molecule has 3 atom stereocenters. The van der Waals surface area contributed by atoms with Gasteiger partial charge in [-0.05, 0) is 44.8 Å². The lowest BCUT2D eigenvalue weighted by molar-refractivity contribution is -0.701. The molecule has 4 heterocycles. The summed E-state index contributed by atoms with van der Waals surface area (Å²) < 4.78 is 12.0. The topological polar surface area (TPSA) is 33.3 Å². The van der Waals surface area contributed by atoms with Crippen LogP contribution in [0.4, 0.5) is 0 Å². The Bertz CT molecular complexity index is 1590. The summed E-state index contributed by atoms with van der Waals surface area (Å²) in [4.78, 5) is 0. The van der Waals surface area contributed by atoms with Crippen LogP contribution in [0.15, 0.2) is 54.0 Å². The van der Waals surface area contributed by atoms with Crippen molar-refractivity contribution in [3.8, 4) is 11.3 Å². The summed E-state index contributed by atoms with van der Waals surface area (Å²) in [6.07, 6.45) is 2.16. The second-order valence-corrected chi connectivity index (χ2v) is 12.1. The number of hydrogen-bond donors (Lipinski definition) is 1. The molecule has 3 nitrogen and oxygen atoms in total. The fraction of sp³-hybridized carbons (Fsp3) is 0.296. The van der Waals surface area contributed by atoms with E-state index in [0.717, 1.165) is 0 Å². The van der Waals surface area contributed by atoms with Crippen LogP contribution >= 0.6 is 22.7 Å². The number of rotatable bonds is 1. The van der Waals surface area contributed by atoms with Crippen LogP contribution in [-0.2, 0) is 10.2 Å². The van der Waals surface area contributed by atoms with Crippen molar-refractivity contribution in [1.82, 2.24) is 0 Å². The lowest BCUT2D eigenvalue weighted by Crippen LogP contribution is -2.40. The monoisotopic (exact) mass is 458 g/mol. The van der Waals surface area contributed by atoms with E-state index in [1.165, 1.54) is 52.6 Å². The molecule has 3 unspecified atom stereocenters. The molecule has 7 rings (SSSR count). The van der Waals surface area contributed by atoms with Crippen LogP contribution in [0.2, 0.25) is 0 Å². The minimum atomic E-state index is -1.18. The molecule has 0 bridgehead atoms. The average Bonchev–Trinajstić information content (AvgIpc) is 3.05. The first-order chi connectivity index (χ1) is 15.3. The average molecular weight is 459 g/mol. The molecular weight excluding hydrogens is 434 g/mol. The zero-order chi connectivity index (χ0) is 22.0. The summed E-state index contributed by atoms with van der Waals surface area (Å²) in [6.45, 7) is 6.85. The molecule has 1 aliphatic heterocycles. The summed E-state index contributed by atoms with van der Waals surface area (Å²) in [7, 11) is 1.63. The van der Waals surface area contributed by atoms with E-state index in [1.807, 2.05) is 22.7 Å². The zero-order valence-electron chi connectivity index (χ0n) is 18.5. The summed E-state index contributed by atoms with van der Waals surface area (Å²) in [6, 6.07) is 15.4. The van der Waals surface area contributed by atoms with Crippen LogP contribution in [0.5, 0.6) is 0 Å². The Morgan fingerprint density at radius 1 is 1.03 bits per heavy atom. The molecule has 0 saturated heterocycles. The van der Waals surface area contributed by atoms with Gasteiger partial charge >= 0.3 is 0 Å². The first-order valence-electron chi connectivity index (χ1n) is 11.0. The molecule has 160 valence electrons. The van der Waals surface area contributed by atoms with Crippen LogP contribution in [0, 0.1) is 0 Å². The highest BCUT2D eigenvalue weighted by Crippen LogP contribution is 2.65. The molecule has 5 heteroatoms. The number of methoxy groups -OCH3 is 1. The fourth-order valence-electron chi connectivity index (χ4n) is 5.87. The van der Waals surface area contributed by atoms with Crippen LogP contribution in [0.25, 0.3) is 41.5 Å². The molecular formula is C27H24NO2S2+. The lowest BCUT2D eigenvalue weighted by atomic mass is 9.79. The fourth-order valence-corrected chi connectivity index (χ4v) is 8.26. The third-order valence-corrected chi connectivity index (χ3v) is 9.62. The van der Waals surface area contributed by atoms with Crippen LogP contribution in [-0.4, -0.2) is 18.0 Å². The van der Waals surface area contributed by atoms with E-state index in [4.69, 9.17) is 4.74 Å². The molecule has 1 fully saturated rings. The van der Waals surface area contributed by atoms with Gasteiger partial charge in [-0.1, -0.05) is 45.0 Å². The lowest BCUT2D eigenvalue weighted by Gasteiger charge is -2.25. The van der Waals surface area contributed by atoms with Gasteiger partial charge in [-0.15, -0.1) is 22.7 Å². The standard InChI is InChI=1S/C27H24NO2S2/c1-26(2,3)18-13-17-20(15-8-6-5-7-14(15)18)21-25(27(21,29)30-4)28-11-9-16-23-19(10-12-31-23)32-24(16)22(17)28/h5-13,21,25,29H,1-4H3/q+1. The van der Waals surface area contributed by atoms with Crippen molar-refractivity contribution < 1.29 is 14.4 Å². The number of nitrogens with zero attached hydrogens (tertiary/aromatic N) is 1. The molecule has 2 aromatic carbocycles. The van der Waals surface area contributed by atoms with Gasteiger partial charge in [0.05, 0.1) is 10.3 Å². The Kier molecular flexibility index (Phi) is 3.58. The number of benzene rings is 2. The number of pyridine rings is 1. The van der Waals surface area contributed by atoms with Gasteiger partial charge < -0.3 is 9.84 Å². The Morgan fingerprint density at radius 3 is 2.56 bits per heavy atom. The van der Waals surface area contributed by atoms with Gasteiger partial charge in [-0.2, -0.15) is 4.57 Å². The molecule has 1 saturated carbocycles. The van der Waals surface area contributed by atoms with Gasteiger partial charge in [0.15, 0.2) is 6.20 Å². The summed E-state index contributed by atoms with van der Waals surface area (Å²) >= 11 is 3.67. The third-order valence-electron chi connectivity index (χ3n) is 7.37. The van der Waals surface area contributed by atoms with E-state index >= 15 is 0 Å². The summed E-state index contributed by atoms with van der Waals surface area (Å²) in [5, 5.41) is 17.5. The van der Waals surface area contributed by atoms with Crippen LogP contribution in [0.3, 0.4) is 0 Å². The van der Waals surface area contributed by atoms with Crippen molar-refractivity contribution in [1.29, 1.82) is 0 Å². The van der Waals surface area contributed by atoms with Gasteiger partial charge in [0.25, 0.3) is 0 Å². The molecule has 1 aliphatic carbocycles. The zero-order valence-corrected chi connectivity index (χ0v) is 20.1. The van der Waals surface area contributed by atoms with Crippen LogP contribution in [0.1, 0.15) is 43.9 Å². The second kappa shape index (κ2) is 5.97. The summed E-state index contributed by atoms with van der Waals surface area (Å²) in [5.74, 6) is -1.25. The van der Waals surface area contributed by atoms with E-state index in [9.17, 15) is 5.11 Å². The van der Waals surface area contributed by atoms with Crippen molar-refractivity contribution in [3.63, 3.8) is 0 Å². The predicted molar refractivity (Wildman–Crippen MR) is 133 cm³/mol. The van der Waals surface area contributed by atoms with E-state index in [2.05, 4.69) is 79.4 Å². The highest BCUT2D eigenvalue weighted by atomic mass is 32.1. The third kappa shape index (κ3) is 2.20. The first kappa shape index (κ1) is 19.2. The van der Waals surface area contributed by atoms with Crippen molar-refractivity contribution >= 4 is 52.9 Å². The minimum absolute atomic E-state index is 0.00111. The molecule has 3 aromatic heterocycles. The maximum absolute atomic E-state index is 11.5. The molecule has 1 N–H and O–H groups in total. The minimum Gasteiger partial charge on any atom is -0.360 e. The highest BCUT2D eigenvalue weighted by Gasteiger charge is 2.76. The smallest absolute Gasteiger partial charge is 0.244 e. The van der Waals surface area contributed by atoms with Crippen molar-refractivity contribution in [2.45, 2.75) is 43.9 Å². The van der Waals surface area contributed by atoms with E-state index < -0.39 is 5.79 Å². The van der Waals surface area contributed by atoms with Gasteiger partial charge in [0.1, 0.15) is 10.6 Å². The highest BCUT2D eigenvalue weighted by molar-refractivity contribution is 7.32. The molecule has 2 aliphatic rings. The normalized spacial score (nSPS) is 24.0. The Hall–Kier alpha value is -2.31. The number of hydrogen-bond acceptors (Lipinski definition) is 4. The number of fused-ring (bicyclic) bond motifs is 12. The number of thiophene rings is 2. The number of aliphatic hydroxyl groups is 1. The van der Waals surface area contributed by atoms with Crippen molar-refractivity contribution in [2.75, 3.05) is 7.11 Å². The van der Waals surface area contributed by atoms with E-state index in [0.29, 0.717) is 0 Å². The van der Waals surface area contributed by atoms with Crippen molar-refractivity contribution in [2.24, 2.45) is 0 Å². The van der Waals surface area contributed by atoms with Crippen LogP contribution < -0.4 is 4.57 Å². The quantitative estimate of drug-likeness (QED) is 0.229. The molecule has 0 radical (unpaired) electrons. The first-order valence-corrected chi connectivity index (χ1v) is 12.7. The van der Waals surface area contributed by atoms with Crippen molar-refractivity contribution in [3.05, 3.63) is 65.2 Å². The largest absolute Gasteiger partial charge is 0.360 e. The summed E-state index contributed by atoms with van der Waals surface area (Å²) in [5.41, 5.74) is 5.03. The van der Waals surface area contributed by atoms with Gasteiger partial charge in [-0.25, -0.2) is 0 Å². The molecule has 0 spiro atoms.